The van der Waals surface area contributed by atoms with Crippen LogP contribution in [0.4, 0.5) is 9.18 Å². The van der Waals surface area contributed by atoms with Crippen LogP contribution in [0, 0.1) is 5.82 Å². The Bertz CT molecular complexity index is 769. The smallest absolute Gasteiger partial charge is 0.315 e. The zero-order valence-electron chi connectivity index (χ0n) is 15.6. The Labute approximate surface area is 159 Å². The lowest BCUT2D eigenvalue weighted by Crippen LogP contribution is -2.40. The highest BCUT2D eigenvalue weighted by Crippen LogP contribution is 2.12. The van der Waals surface area contributed by atoms with Gasteiger partial charge in [0.25, 0.3) is 0 Å². The molecule has 0 aromatic heterocycles. The summed E-state index contributed by atoms with van der Waals surface area (Å²) >= 11 is 0. The lowest BCUT2D eigenvalue weighted by molar-refractivity contribution is -0.0212. The standard InChI is InChI=1S/C21H26FN3O2/c1-16-14-25(9-10-27-16)15-18-6-4-5-17(11-18)12-23-21(26)24-13-19-7-2-3-8-20(19)22/h2-8,11,16H,9-10,12-15H2,1H3,(H2,23,24,26)/t16-/m1/s1. The van der Waals surface area contributed by atoms with E-state index in [1.54, 1.807) is 18.2 Å². The fourth-order valence-electron chi connectivity index (χ4n) is 3.19. The normalized spacial score (nSPS) is 17.5. The van der Waals surface area contributed by atoms with Gasteiger partial charge >= 0.3 is 6.03 Å². The largest absolute Gasteiger partial charge is 0.376 e. The van der Waals surface area contributed by atoms with Crippen LogP contribution in [0.1, 0.15) is 23.6 Å². The summed E-state index contributed by atoms with van der Waals surface area (Å²) in [6, 6.07) is 14.3. The van der Waals surface area contributed by atoms with E-state index in [1.165, 1.54) is 11.6 Å². The third kappa shape index (κ3) is 6.05. The molecular weight excluding hydrogens is 345 g/mol. The van der Waals surface area contributed by atoms with Gasteiger partial charge in [-0.2, -0.15) is 0 Å². The third-order valence-corrected chi connectivity index (χ3v) is 4.57. The zero-order chi connectivity index (χ0) is 19.1. The summed E-state index contributed by atoms with van der Waals surface area (Å²) in [4.78, 5) is 14.3. The Morgan fingerprint density at radius 1 is 1.15 bits per heavy atom. The molecule has 2 aromatic rings. The lowest BCUT2D eigenvalue weighted by Gasteiger charge is -2.31. The quantitative estimate of drug-likeness (QED) is 0.821. The summed E-state index contributed by atoms with van der Waals surface area (Å²) in [6.45, 7) is 6.19. The van der Waals surface area contributed by atoms with E-state index >= 15 is 0 Å². The van der Waals surface area contributed by atoms with Gasteiger partial charge in [-0.15, -0.1) is 0 Å². The fourth-order valence-corrected chi connectivity index (χ4v) is 3.19. The van der Waals surface area contributed by atoms with Crippen molar-refractivity contribution in [2.24, 2.45) is 0 Å². The Balaban J connectivity index is 1.46. The maximum Gasteiger partial charge on any atom is 0.315 e. The van der Waals surface area contributed by atoms with Crippen LogP contribution in [0.15, 0.2) is 48.5 Å². The van der Waals surface area contributed by atoms with E-state index in [4.69, 9.17) is 4.74 Å². The van der Waals surface area contributed by atoms with E-state index in [0.717, 1.165) is 31.8 Å². The van der Waals surface area contributed by atoms with Gasteiger partial charge in [0, 0.05) is 38.3 Å². The van der Waals surface area contributed by atoms with E-state index in [1.807, 2.05) is 12.1 Å². The molecular formula is C21H26FN3O2. The molecule has 27 heavy (non-hydrogen) atoms. The van der Waals surface area contributed by atoms with Gasteiger partial charge in [0.15, 0.2) is 0 Å². The van der Waals surface area contributed by atoms with E-state index in [9.17, 15) is 9.18 Å². The molecule has 144 valence electrons. The predicted molar refractivity (Wildman–Crippen MR) is 103 cm³/mol. The number of halogens is 1. The zero-order valence-corrected chi connectivity index (χ0v) is 15.6. The van der Waals surface area contributed by atoms with Gasteiger partial charge in [0.2, 0.25) is 0 Å². The molecule has 1 saturated heterocycles. The maximum absolute atomic E-state index is 13.6. The highest BCUT2D eigenvalue weighted by Gasteiger charge is 2.16. The number of hydrogen-bond acceptors (Lipinski definition) is 3. The van der Waals surface area contributed by atoms with E-state index < -0.39 is 0 Å². The van der Waals surface area contributed by atoms with E-state index in [-0.39, 0.29) is 24.5 Å². The number of carbonyl (C=O) groups is 1. The monoisotopic (exact) mass is 371 g/mol. The van der Waals surface area contributed by atoms with Crippen molar-refractivity contribution in [1.29, 1.82) is 0 Å². The third-order valence-electron chi connectivity index (χ3n) is 4.57. The molecule has 0 bridgehead atoms. The summed E-state index contributed by atoms with van der Waals surface area (Å²) < 4.78 is 19.1. The summed E-state index contributed by atoms with van der Waals surface area (Å²) in [6.07, 6.45) is 0.266. The molecule has 1 fully saturated rings. The van der Waals surface area contributed by atoms with Gasteiger partial charge in [-0.3, -0.25) is 4.90 Å². The topological polar surface area (TPSA) is 53.6 Å². The van der Waals surface area contributed by atoms with Crippen molar-refractivity contribution in [3.8, 4) is 0 Å². The molecule has 0 saturated carbocycles. The van der Waals surface area contributed by atoms with Crippen LogP contribution in [0.3, 0.4) is 0 Å². The first-order valence-corrected chi connectivity index (χ1v) is 9.27. The number of morpholine rings is 1. The number of nitrogens with one attached hydrogen (secondary N) is 2. The predicted octanol–water partition coefficient (Wildman–Crippen LogP) is 3.05. The van der Waals surface area contributed by atoms with Crippen LogP contribution in [0.5, 0.6) is 0 Å². The van der Waals surface area contributed by atoms with Crippen molar-refractivity contribution in [1.82, 2.24) is 15.5 Å². The van der Waals surface area contributed by atoms with Gasteiger partial charge in [-0.25, -0.2) is 9.18 Å². The van der Waals surface area contributed by atoms with Crippen LogP contribution in [0.25, 0.3) is 0 Å². The number of nitrogens with zero attached hydrogens (tertiary/aromatic N) is 1. The first-order chi connectivity index (χ1) is 13.1. The molecule has 0 radical (unpaired) electrons. The van der Waals surface area contributed by atoms with Gasteiger partial charge in [0.1, 0.15) is 5.82 Å². The number of hydrogen-bond donors (Lipinski definition) is 2. The van der Waals surface area contributed by atoms with Crippen LogP contribution in [-0.2, 0) is 24.4 Å². The minimum absolute atomic E-state index is 0.160. The minimum Gasteiger partial charge on any atom is -0.376 e. The second kappa shape index (κ2) is 9.48. The average molecular weight is 371 g/mol. The Kier molecular flexibility index (Phi) is 6.79. The molecule has 2 aromatic carbocycles. The second-order valence-corrected chi connectivity index (χ2v) is 6.86. The molecule has 0 spiro atoms. The SMILES string of the molecule is C[C@@H]1CN(Cc2cccc(CNC(=O)NCc3ccccc3F)c2)CCO1. The van der Waals surface area contributed by atoms with Gasteiger partial charge < -0.3 is 15.4 Å². The van der Waals surface area contributed by atoms with E-state index in [2.05, 4.69) is 34.6 Å². The molecule has 2 amide bonds. The molecule has 3 rings (SSSR count). The first kappa shape index (κ1) is 19.3. The number of ether oxygens (including phenoxy) is 1. The van der Waals surface area contributed by atoms with Crippen molar-refractivity contribution < 1.29 is 13.9 Å². The number of rotatable bonds is 6. The number of carbonyl (C=O) groups excluding carboxylic acids is 1. The number of benzene rings is 2. The molecule has 0 aliphatic carbocycles. The summed E-state index contributed by atoms with van der Waals surface area (Å²) in [5.41, 5.74) is 2.72. The second-order valence-electron chi connectivity index (χ2n) is 6.86. The maximum atomic E-state index is 13.6. The average Bonchev–Trinajstić information content (AvgIpc) is 2.66. The molecule has 1 heterocycles. The number of amides is 2. The highest BCUT2D eigenvalue weighted by atomic mass is 19.1. The van der Waals surface area contributed by atoms with Gasteiger partial charge in [-0.05, 0) is 24.1 Å². The van der Waals surface area contributed by atoms with Crippen molar-refractivity contribution in [2.45, 2.75) is 32.7 Å². The molecule has 6 heteroatoms. The molecule has 1 aliphatic rings. The lowest BCUT2D eigenvalue weighted by atomic mass is 10.1. The van der Waals surface area contributed by atoms with Crippen molar-refractivity contribution in [2.75, 3.05) is 19.7 Å². The van der Waals surface area contributed by atoms with Gasteiger partial charge in [0.05, 0.1) is 12.7 Å². The fraction of sp³-hybridized carbons (Fsp3) is 0.381. The number of urea groups is 1. The van der Waals surface area contributed by atoms with Crippen LogP contribution in [0.2, 0.25) is 0 Å². The Morgan fingerprint density at radius 3 is 2.74 bits per heavy atom. The van der Waals surface area contributed by atoms with Crippen LogP contribution in [-0.4, -0.2) is 36.7 Å². The minimum atomic E-state index is -0.317. The van der Waals surface area contributed by atoms with Crippen molar-refractivity contribution in [3.05, 3.63) is 71.0 Å². The molecule has 2 N–H and O–H groups in total. The molecule has 5 nitrogen and oxygen atoms in total. The van der Waals surface area contributed by atoms with Crippen LogP contribution >= 0.6 is 0 Å². The Morgan fingerprint density at radius 2 is 1.93 bits per heavy atom. The Hall–Kier alpha value is -2.44. The van der Waals surface area contributed by atoms with E-state index in [0.29, 0.717) is 12.1 Å². The molecule has 0 unspecified atom stereocenters. The highest BCUT2D eigenvalue weighted by molar-refractivity contribution is 5.73. The first-order valence-electron chi connectivity index (χ1n) is 9.27. The van der Waals surface area contributed by atoms with Crippen LogP contribution < -0.4 is 10.6 Å². The summed E-state index contributed by atoms with van der Waals surface area (Å²) in [7, 11) is 0. The summed E-state index contributed by atoms with van der Waals surface area (Å²) in [5, 5.41) is 5.50. The molecule has 1 atom stereocenters. The summed E-state index contributed by atoms with van der Waals surface area (Å²) in [5.74, 6) is -0.317. The van der Waals surface area contributed by atoms with Crippen molar-refractivity contribution >= 4 is 6.03 Å². The van der Waals surface area contributed by atoms with Crippen molar-refractivity contribution in [3.63, 3.8) is 0 Å². The molecule has 1 aliphatic heterocycles. The van der Waals surface area contributed by atoms with Gasteiger partial charge in [-0.1, -0.05) is 42.5 Å².